The summed E-state index contributed by atoms with van der Waals surface area (Å²) in [6, 6.07) is 4.38. The first-order chi connectivity index (χ1) is 9.08. The number of rotatable bonds is 4. The minimum atomic E-state index is -0.470. The number of nitrogens with zero attached hydrogens (tertiary/aromatic N) is 2. The number of carbonyl (C=O) groups excluding carboxylic acids is 1. The summed E-state index contributed by atoms with van der Waals surface area (Å²) >= 11 is 5.83. The topological polar surface area (TPSA) is 80.9 Å². The van der Waals surface area contributed by atoms with E-state index in [2.05, 4.69) is 14.9 Å². The zero-order chi connectivity index (χ0) is 13.8. The molecule has 2 aromatic rings. The van der Waals surface area contributed by atoms with Gasteiger partial charge in [-0.15, -0.1) is 5.10 Å². The number of nitrogens with two attached hydrogens (primary N) is 1. The summed E-state index contributed by atoms with van der Waals surface area (Å²) in [4.78, 5) is 11.7. The van der Waals surface area contributed by atoms with Crippen molar-refractivity contribution in [2.24, 2.45) is 5.73 Å². The van der Waals surface area contributed by atoms with Crippen LogP contribution in [0, 0.1) is 5.82 Å². The van der Waals surface area contributed by atoms with Crippen LogP contribution in [0.2, 0.25) is 0 Å². The average Bonchev–Trinajstić information content (AvgIpc) is 2.90. The summed E-state index contributed by atoms with van der Waals surface area (Å²) in [5, 5.41) is 7.68. The predicted molar refractivity (Wildman–Crippen MR) is 73.4 cm³/mol. The normalized spacial score (nSPS) is 10.2. The fraction of sp³-hybridized carbons (Fsp3) is 0.0909. The van der Waals surface area contributed by atoms with Gasteiger partial charge in [0, 0.05) is 23.1 Å². The third-order valence-electron chi connectivity index (χ3n) is 2.37. The summed E-state index contributed by atoms with van der Waals surface area (Å²) in [5.41, 5.74) is 6.41. The fourth-order valence-corrected chi connectivity index (χ4v) is 1.94. The maximum absolute atomic E-state index is 13.7. The van der Waals surface area contributed by atoms with E-state index in [1.807, 2.05) is 0 Å². The van der Waals surface area contributed by atoms with Gasteiger partial charge in [0.15, 0.2) is 5.69 Å². The van der Waals surface area contributed by atoms with Gasteiger partial charge in [-0.2, -0.15) is 0 Å². The molecular formula is C11H9FN4OS2. The van der Waals surface area contributed by atoms with Gasteiger partial charge in [-0.25, -0.2) is 4.39 Å². The molecule has 5 nitrogen and oxygen atoms in total. The second kappa shape index (κ2) is 5.81. The van der Waals surface area contributed by atoms with Crippen molar-refractivity contribution in [3.8, 4) is 0 Å². The highest BCUT2D eigenvalue weighted by molar-refractivity contribution is 7.80. The van der Waals surface area contributed by atoms with Crippen molar-refractivity contribution in [1.82, 2.24) is 14.9 Å². The molecular weight excluding hydrogens is 287 g/mol. The molecule has 0 unspecified atom stereocenters. The molecule has 0 bridgehead atoms. The van der Waals surface area contributed by atoms with Crippen molar-refractivity contribution < 1.29 is 9.18 Å². The number of halogens is 1. The molecule has 0 aliphatic rings. The van der Waals surface area contributed by atoms with Gasteiger partial charge >= 0.3 is 0 Å². The molecule has 0 spiro atoms. The average molecular weight is 296 g/mol. The van der Waals surface area contributed by atoms with Gasteiger partial charge in [0.05, 0.1) is 0 Å². The highest BCUT2D eigenvalue weighted by Gasteiger charge is 2.10. The zero-order valence-corrected chi connectivity index (χ0v) is 11.2. The van der Waals surface area contributed by atoms with Crippen LogP contribution in [0.1, 0.15) is 21.6 Å². The molecule has 0 saturated carbocycles. The molecule has 0 radical (unpaired) electrons. The maximum Gasteiger partial charge on any atom is 0.273 e. The number of thiocarbonyl (C=S) groups is 1. The van der Waals surface area contributed by atoms with E-state index in [0.717, 1.165) is 11.5 Å². The van der Waals surface area contributed by atoms with E-state index in [0.29, 0.717) is 11.1 Å². The first-order valence-electron chi connectivity index (χ1n) is 5.21. The van der Waals surface area contributed by atoms with E-state index < -0.39 is 11.7 Å². The van der Waals surface area contributed by atoms with Crippen LogP contribution in [0.3, 0.4) is 0 Å². The summed E-state index contributed by atoms with van der Waals surface area (Å²) in [7, 11) is 0. The monoisotopic (exact) mass is 296 g/mol. The zero-order valence-electron chi connectivity index (χ0n) is 9.59. The molecule has 0 aliphatic heterocycles. The predicted octanol–water partition coefficient (Wildman–Crippen LogP) is 1.24. The lowest BCUT2D eigenvalue weighted by atomic mass is 10.1. The lowest BCUT2D eigenvalue weighted by molar-refractivity contribution is 0.0945. The van der Waals surface area contributed by atoms with Crippen LogP contribution in [-0.2, 0) is 6.54 Å². The van der Waals surface area contributed by atoms with Gasteiger partial charge in [-0.1, -0.05) is 28.8 Å². The van der Waals surface area contributed by atoms with Gasteiger partial charge in [0.2, 0.25) is 0 Å². The van der Waals surface area contributed by atoms with E-state index in [9.17, 15) is 9.18 Å². The molecule has 1 aromatic carbocycles. The Balaban J connectivity index is 2.04. The Morgan fingerprint density at radius 3 is 2.89 bits per heavy atom. The number of hydrogen-bond acceptors (Lipinski definition) is 5. The molecule has 0 saturated heterocycles. The molecule has 98 valence electrons. The molecule has 1 aromatic heterocycles. The van der Waals surface area contributed by atoms with Crippen LogP contribution < -0.4 is 11.1 Å². The highest BCUT2D eigenvalue weighted by Crippen LogP contribution is 2.10. The first-order valence-corrected chi connectivity index (χ1v) is 6.46. The Hall–Kier alpha value is -1.93. The van der Waals surface area contributed by atoms with Crippen molar-refractivity contribution >= 4 is 34.6 Å². The van der Waals surface area contributed by atoms with Gasteiger partial charge in [0.1, 0.15) is 10.8 Å². The molecule has 19 heavy (non-hydrogen) atoms. The fourth-order valence-electron chi connectivity index (χ4n) is 1.37. The number of nitrogens with one attached hydrogen (secondary N) is 1. The second-order valence-electron chi connectivity index (χ2n) is 3.64. The number of aromatic nitrogens is 2. The molecule has 0 aliphatic carbocycles. The van der Waals surface area contributed by atoms with E-state index in [-0.39, 0.29) is 17.2 Å². The van der Waals surface area contributed by atoms with E-state index in [1.165, 1.54) is 17.5 Å². The Bertz CT molecular complexity index is 615. The maximum atomic E-state index is 13.7. The largest absolute Gasteiger partial charge is 0.389 e. The molecule has 0 fully saturated rings. The Morgan fingerprint density at radius 1 is 1.53 bits per heavy atom. The lowest BCUT2D eigenvalue weighted by Crippen LogP contribution is -2.23. The molecule has 2 rings (SSSR count). The van der Waals surface area contributed by atoms with Gasteiger partial charge in [-0.3, -0.25) is 4.79 Å². The van der Waals surface area contributed by atoms with Crippen molar-refractivity contribution in [1.29, 1.82) is 0 Å². The molecule has 3 N–H and O–H groups in total. The van der Waals surface area contributed by atoms with Gasteiger partial charge in [0.25, 0.3) is 5.91 Å². The Labute approximate surface area is 117 Å². The third kappa shape index (κ3) is 3.30. The minimum absolute atomic E-state index is 0.0554. The lowest BCUT2D eigenvalue weighted by Gasteiger charge is -2.06. The first kappa shape index (κ1) is 13.5. The van der Waals surface area contributed by atoms with E-state index in [1.54, 1.807) is 6.07 Å². The SMILES string of the molecule is NC(=S)c1ccc(CNC(=O)c2csnn2)c(F)c1. The minimum Gasteiger partial charge on any atom is -0.389 e. The molecule has 1 heterocycles. The van der Waals surface area contributed by atoms with Crippen LogP contribution in [0.25, 0.3) is 0 Å². The van der Waals surface area contributed by atoms with E-state index >= 15 is 0 Å². The van der Waals surface area contributed by atoms with Crippen molar-refractivity contribution in [2.45, 2.75) is 6.54 Å². The van der Waals surface area contributed by atoms with Crippen LogP contribution in [-0.4, -0.2) is 20.5 Å². The number of carbonyl (C=O) groups is 1. The summed E-state index contributed by atoms with van der Waals surface area (Å²) in [6.07, 6.45) is 0. The molecule has 0 atom stereocenters. The number of hydrogen-bond donors (Lipinski definition) is 2. The summed E-state index contributed by atoms with van der Waals surface area (Å²) in [5.74, 6) is -0.867. The highest BCUT2D eigenvalue weighted by atomic mass is 32.1. The number of amides is 1. The Kier molecular flexibility index (Phi) is 4.13. The van der Waals surface area contributed by atoms with Gasteiger partial charge in [-0.05, 0) is 17.6 Å². The molecule has 8 heteroatoms. The quantitative estimate of drug-likeness (QED) is 0.830. The summed E-state index contributed by atoms with van der Waals surface area (Å²) < 4.78 is 17.3. The second-order valence-corrected chi connectivity index (χ2v) is 4.69. The smallest absolute Gasteiger partial charge is 0.273 e. The van der Waals surface area contributed by atoms with Crippen LogP contribution in [0.5, 0.6) is 0 Å². The summed E-state index contributed by atoms with van der Waals surface area (Å²) in [6.45, 7) is 0.0554. The van der Waals surface area contributed by atoms with Crippen molar-refractivity contribution in [3.63, 3.8) is 0 Å². The van der Waals surface area contributed by atoms with Crippen LogP contribution >= 0.6 is 23.8 Å². The standard InChI is InChI=1S/C11H9FN4OS2/c12-8-3-6(10(13)18)1-2-7(8)4-14-11(17)9-5-19-16-15-9/h1-3,5H,4H2,(H2,13,18)(H,14,17). The third-order valence-corrected chi connectivity index (χ3v) is 3.11. The van der Waals surface area contributed by atoms with Crippen LogP contribution in [0.4, 0.5) is 4.39 Å². The van der Waals surface area contributed by atoms with Crippen molar-refractivity contribution in [2.75, 3.05) is 0 Å². The Morgan fingerprint density at radius 2 is 2.32 bits per heavy atom. The van der Waals surface area contributed by atoms with Gasteiger partial charge < -0.3 is 11.1 Å². The van der Waals surface area contributed by atoms with Crippen molar-refractivity contribution in [3.05, 3.63) is 46.2 Å². The molecule has 1 amide bonds. The van der Waals surface area contributed by atoms with E-state index in [4.69, 9.17) is 18.0 Å². The van der Waals surface area contributed by atoms with Crippen LogP contribution in [0.15, 0.2) is 23.6 Å². The number of benzene rings is 1.